The summed E-state index contributed by atoms with van der Waals surface area (Å²) in [5.41, 5.74) is 5.86. The average Bonchev–Trinajstić information content (AvgIpc) is 2.49. The number of aromatic nitrogens is 1. The number of carbonyl (C=O) groups excluding carboxylic acids is 1. The SMILES string of the molecule is Cc1nc(N)sc1C#CCNC(=O)OC(C)(C)C. The summed E-state index contributed by atoms with van der Waals surface area (Å²) >= 11 is 1.33. The molecule has 0 unspecified atom stereocenters. The van der Waals surface area contributed by atoms with Crippen molar-refractivity contribution in [3.8, 4) is 11.8 Å². The van der Waals surface area contributed by atoms with Gasteiger partial charge in [-0.3, -0.25) is 0 Å². The second-order valence-corrected chi connectivity index (χ2v) is 5.65. The van der Waals surface area contributed by atoms with Gasteiger partial charge >= 0.3 is 6.09 Å². The van der Waals surface area contributed by atoms with Crippen molar-refractivity contribution in [2.45, 2.75) is 33.3 Å². The van der Waals surface area contributed by atoms with Crippen LogP contribution >= 0.6 is 11.3 Å². The number of nitrogen functional groups attached to an aromatic ring is 1. The summed E-state index contributed by atoms with van der Waals surface area (Å²) in [7, 11) is 0. The summed E-state index contributed by atoms with van der Waals surface area (Å²) in [6.45, 7) is 7.50. The Labute approximate surface area is 111 Å². The lowest BCUT2D eigenvalue weighted by Gasteiger charge is -2.18. The second-order valence-electron chi connectivity index (χ2n) is 4.62. The number of nitrogens with one attached hydrogen (secondary N) is 1. The predicted octanol–water partition coefficient (Wildman–Crippen LogP) is 1.91. The number of amides is 1. The third kappa shape index (κ3) is 5.06. The molecule has 0 atom stereocenters. The Morgan fingerprint density at radius 3 is 2.72 bits per heavy atom. The van der Waals surface area contributed by atoms with Crippen molar-refractivity contribution in [3.63, 3.8) is 0 Å². The van der Waals surface area contributed by atoms with E-state index in [0.717, 1.165) is 10.6 Å². The van der Waals surface area contributed by atoms with Crippen LogP contribution in [0.3, 0.4) is 0 Å². The van der Waals surface area contributed by atoms with Gasteiger partial charge in [-0.25, -0.2) is 9.78 Å². The van der Waals surface area contributed by atoms with E-state index in [2.05, 4.69) is 22.1 Å². The molecule has 18 heavy (non-hydrogen) atoms. The fraction of sp³-hybridized carbons (Fsp3) is 0.500. The maximum absolute atomic E-state index is 11.3. The van der Waals surface area contributed by atoms with Crippen molar-refractivity contribution in [2.75, 3.05) is 12.3 Å². The van der Waals surface area contributed by atoms with E-state index in [-0.39, 0.29) is 6.54 Å². The van der Waals surface area contributed by atoms with Crippen LogP contribution in [0.25, 0.3) is 0 Å². The van der Waals surface area contributed by atoms with Crippen LogP contribution in [0.2, 0.25) is 0 Å². The van der Waals surface area contributed by atoms with Gasteiger partial charge in [0.15, 0.2) is 5.13 Å². The number of aryl methyl sites for hydroxylation is 1. The van der Waals surface area contributed by atoms with Gasteiger partial charge in [-0.2, -0.15) is 0 Å². The molecule has 1 aromatic rings. The Morgan fingerprint density at radius 1 is 1.56 bits per heavy atom. The molecule has 0 bridgehead atoms. The quantitative estimate of drug-likeness (QED) is 0.762. The molecule has 0 aliphatic heterocycles. The number of rotatable bonds is 1. The van der Waals surface area contributed by atoms with E-state index in [1.807, 2.05) is 27.7 Å². The Bertz CT molecular complexity index is 492. The monoisotopic (exact) mass is 267 g/mol. The smallest absolute Gasteiger partial charge is 0.408 e. The van der Waals surface area contributed by atoms with Crippen molar-refractivity contribution in [1.82, 2.24) is 10.3 Å². The first-order valence-electron chi connectivity index (χ1n) is 5.46. The van der Waals surface area contributed by atoms with Crippen LogP contribution < -0.4 is 11.1 Å². The van der Waals surface area contributed by atoms with Gasteiger partial charge in [-0.1, -0.05) is 23.2 Å². The van der Waals surface area contributed by atoms with Gasteiger partial charge in [-0.05, 0) is 27.7 Å². The molecule has 1 heterocycles. The lowest BCUT2D eigenvalue weighted by Crippen LogP contribution is -2.32. The van der Waals surface area contributed by atoms with E-state index < -0.39 is 11.7 Å². The molecule has 0 spiro atoms. The molecule has 0 aliphatic rings. The van der Waals surface area contributed by atoms with Crippen molar-refractivity contribution in [2.24, 2.45) is 0 Å². The number of alkyl carbamates (subject to hydrolysis) is 1. The van der Waals surface area contributed by atoms with Crippen molar-refractivity contribution < 1.29 is 9.53 Å². The molecular weight excluding hydrogens is 250 g/mol. The second kappa shape index (κ2) is 5.74. The summed E-state index contributed by atoms with van der Waals surface area (Å²) in [5, 5.41) is 3.05. The first-order chi connectivity index (χ1) is 8.28. The summed E-state index contributed by atoms with van der Waals surface area (Å²) in [5.74, 6) is 5.73. The van der Waals surface area contributed by atoms with Gasteiger partial charge in [0.2, 0.25) is 0 Å². The van der Waals surface area contributed by atoms with Crippen LogP contribution in [-0.4, -0.2) is 23.2 Å². The molecular formula is C12H17N3O2S. The standard InChI is InChI=1S/C12H17N3O2S/c1-8-9(18-10(13)15-8)6-5-7-14-11(16)17-12(2,3)4/h7H2,1-4H3,(H2,13,15)(H,14,16). The minimum atomic E-state index is -0.500. The largest absolute Gasteiger partial charge is 0.444 e. The summed E-state index contributed by atoms with van der Waals surface area (Å²) < 4.78 is 5.07. The predicted molar refractivity (Wildman–Crippen MR) is 72.4 cm³/mol. The summed E-state index contributed by atoms with van der Waals surface area (Å²) in [4.78, 5) is 16.2. The first-order valence-corrected chi connectivity index (χ1v) is 6.28. The van der Waals surface area contributed by atoms with Crippen LogP contribution in [0.1, 0.15) is 31.3 Å². The minimum Gasteiger partial charge on any atom is -0.444 e. The van der Waals surface area contributed by atoms with Gasteiger partial charge in [0.1, 0.15) is 10.5 Å². The Hall–Kier alpha value is -1.74. The summed E-state index contributed by atoms with van der Waals surface area (Å²) in [6.07, 6.45) is -0.475. The number of hydrogen-bond donors (Lipinski definition) is 2. The van der Waals surface area contributed by atoms with Gasteiger partial charge in [0, 0.05) is 0 Å². The number of carbonyl (C=O) groups is 1. The van der Waals surface area contributed by atoms with Gasteiger partial charge < -0.3 is 15.8 Å². The first kappa shape index (κ1) is 14.3. The molecule has 6 heteroatoms. The highest BCUT2D eigenvalue weighted by Crippen LogP contribution is 2.17. The maximum atomic E-state index is 11.3. The van der Waals surface area contributed by atoms with Crippen LogP contribution in [0, 0.1) is 18.8 Å². The molecule has 1 rings (SSSR count). The molecule has 3 N–H and O–H groups in total. The van der Waals surface area contributed by atoms with Crippen LogP contribution in [0.4, 0.5) is 9.93 Å². The van der Waals surface area contributed by atoms with Crippen molar-refractivity contribution in [1.29, 1.82) is 0 Å². The van der Waals surface area contributed by atoms with Gasteiger partial charge in [-0.15, -0.1) is 0 Å². The fourth-order valence-electron chi connectivity index (χ4n) is 1.09. The van der Waals surface area contributed by atoms with E-state index in [9.17, 15) is 4.79 Å². The van der Waals surface area contributed by atoms with E-state index in [0.29, 0.717) is 5.13 Å². The molecule has 98 valence electrons. The zero-order chi connectivity index (χ0) is 13.8. The zero-order valence-electron chi connectivity index (χ0n) is 11.0. The molecule has 5 nitrogen and oxygen atoms in total. The zero-order valence-corrected chi connectivity index (χ0v) is 11.8. The normalized spacial score (nSPS) is 10.4. The molecule has 0 saturated carbocycles. The highest BCUT2D eigenvalue weighted by molar-refractivity contribution is 7.16. The molecule has 0 aliphatic carbocycles. The molecule has 0 fully saturated rings. The molecule has 1 amide bonds. The van der Waals surface area contributed by atoms with Crippen molar-refractivity contribution >= 4 is 22.6 Å². The minimum absolute atomic E-state index is 0.228. The molecule has 0 radical (unpaired) electrons. The van der Waals surface area contributed by atoms with Crippen LogP contribution in [0.15, 0.2) is 0 Å². The van der Waals surface area contributed by atoms with Gasteiger partial charge in [0.05, 0.1) is 12.2 Å². The number of hydrogen-bond acceptors (Lipinski definition) is 5. The highest BCUT2D eigenvalue weighted by atomic mass is 32.1. The van der Waals surface area contributed by atoms with E-state index in [4.69, 9.17) is 10.5 Å². The number of anilines is 1. The van der Waals surface area contributed by atoms with Crippen molar-refractivity contribution in [3.05, 3.63) is 10.6 Å². The molecule has 0 saturated heterocycles. The topological polar surface area (TPSA) is 77.2 Å². The average molecular weight is 267 g/mol. The fourth-order valence-corrected chi connectivity index (χ4v) is 1.80. The lowest BCUT2D eigenvalue weighted by atomic mass is 10.2. The van der Waals surface area contributed by atoms with E-state index in [1.165, 1.54) is 11.3 Å². The third-order valence-corrected chi connectivity index (χ3v) is 2.64. The Kier molecular flexibility index (Phi) is 4.56. The number of thiazole rings is 1. The number of nitrogens with two attached hydrogens (primary N) is 1. The number of ether oxygens (including phenoxy) is 1. The summed E-state index contributed by atoms with van der Waals surface area (Å²) in [6, 6.07) is 0. The Balaban J connectivity index is 2.43. The highest BCUT2D eigenvalue weighted by Gasteiger charge is 2.15. The maximum Gasteiger partial charge on any atom is 0.408 e. The molecule has 1 aromatic heterocycles. The van der Waals surface area contributed by atoms with E-state index >= 15 is 0 Å². The number of nitrogens with zero attached hydrogens (tertiary/aromatic N) is 1. The molecule has 0 aromatic carbocycles. The van der Waals surface area contributed by atoms with Gasteiger partial charge in [0.25, 0.3) is 0 Å². The van der Waals surface area contributed by atoms with Crippen LogP contribution in [0.5, 0.6) is 0 Å². The van der Waals surface area contributed by atoms with Crippen LogP contribution in [-0.2, 0) is 4.74 Å². The Morgan fingerprint density at radius 2 is 2.22 bits per heavy atom. The lowest BCUT2D eigenvalue weighted by molar-refractivity contribution is 0.0535. The van der Waals surface area contributed by atoms with E-state index in [1.54, 1.807) is 0 Å². The third-order valence-electron chi connectivity index (χ3n) is 1.74.